The molecule has 0 saturated heterocycles. The summed E-state index contributed by atoms with van der Waals surface area (Å²) in [4.78, 5) is 25.2. The molecule has 2 aromatic rings. The van der Waals surface area contributed by atoms with E-state index in [1.165, 1.54) is 10.5 Å². The van der Waals surface area contributed by atoms with Gasteiger partial charge in [0.05, 0.1) is 4.91 Å². The predicted octanol–water partition coefficient (Wildman–Crippen LogP) is 5.17. The van der Waals surface area contributed by atoms with Gasteiger partial charge in [0.2, 0.25) is 0 Å². The highest BCUT2D eigenvalue weighted by molar-refractivity contribution is 8.17. The van der Waals surface area contributed by atoms with E-state index in [4.69, 9.17) is 0 Å². The Bertz CT molecular complexity index is 777. The molecule has 0 radical (unpaired) electrons. The molecule has 2 rings (SSSR count). The number of amides is 1. The summed E-state index contributed by atoms with van der Waals surface area (Å²) in [6.07, 6.45) is 4.07. The lowest BCUT2D eigenvalue weighted by atomic mass is 10.0. The average molecular weight is 351 g/mol. The number of aryl methyl sites for hydroxylation is 1. The van der Waals surface area contributed by atoms with Crippen LogP contribution in [-0.2, 0) is 4.79 Å². The number of nitrogens with zero attached hydrogens (tertiary/aromatic N) is 1. The fraction of sp³-hybridized carbons (Fsp3) is 0.143. The summed E-state index contributed by atoms with van der Waals surface area (Å²) < 4.78 is 0. The van der Waals surface area contributed by atoms with Crippen molar-refractivity contribution in [2.45, 2.75) is 6.92 Å². The maximum Gasteiger partial charge on any atom is 0.286 e. The van der Waals surface area contributed by atoms with Crippen molar-refractivity contribution in [2.75, 3.05) is 13.6 Å². The molecule has 0 spiro atoms. The number of likely N-dealkylation sites (N-methyl/N-ethyl adjacent to an activating group) is 1. The van der Waals surface area contributed by atoms with Crippen molar-refractivity contribution in [3.05, 3.63) is 77.2 Å². The summed E-state index contributed by atoms with van der Waals surface area (Å²) in [5, 5.41) is -0.186. The fourth-order valence-electron chi connectivity index (χ4n) is 2.22. The molecule has 0 aliphatic heterocycles. The van der Waals surface area contributed by atoms with E-state index in [1.54, 1.807) is 19.2 Å². The molecule has 0 fully saturated rings. The van der Waals surface area contributed by atoms with E-state index >= 15 is 0 Å². The van der Waals surface area contributed by atoms with E-state index in [1.807, 2.05) is 24.3 Å². The molecule has 0 aliphatic rings. The highest BCUT2D eigenvalue weighted by Gasteiger charge is 2.11. The number of rotatable bonds is 6. The number of allylic oxidation sites excluding steroid dienone is 1. The van der Waals surface area contributed by atoms with Crippen molar-refractivity contribution >= 4 is 29.4 Å². The molecule has 0 N–H and O–H groups in total. The highest BCUT2D eigenvalue weighted by Crippen LogP contribution is 2.23. The summed E-state index contributed by atoms with van der Waals surface area (Å²) in [7, 11) is 1.68. The van der Waals surface area contributed by atoms with Crippen LogP contribution >= 0.6 is 11.8 Å². The van der Waals surface area contributed by atoms with E-state index in [2.05, 4.69) is 37.8 Å². The van der Waals surface area contributed by atoms with E-state index < -0.39 is 0 Å². The maximum atomic E-state index is 12.0. The molecule has 0 saturated carbocycles. The molecule has 3 nitrogen and oxygen atoms in total. The summed E-state index contributed by atoms with van der Waals surface area (Å²) in [5.74, 6) is 0. The topological polar surface area (TPSA) is 37.4 Å². The highest BCUT2D eigenvalue weighted by atomic mass is 32.2. The van der Waals surface area contributed by atoms with Crippen LogP contribution in [0.4, 0.5) is 4.79 Å². The van der Waals surface area contributed by atoms with Gasteiger partial charge in [0.1, 0.15) is 0 Å². The Balaban J connectivity index is 2.13. The average Bonchev–Trinajstić information content (AvgIpc) is 2.62. The molecule has 25 heavy (non-hydrogen) atoms. The van der Waals surface area contributed by atoms with Crippen LogP contribution < -0.4 is 0 Å². The van der Waals surface area contributed by atoms with Gasteiger partial charge < -0.3 is 4.90 Å². The minimum Gasteiger partial charge on any atom is -0.333 e. The van der Waals surface area contributed by atoms with Gasteiger partial charge in [-0.05, 0) is 41.5 Å². The Morgan fingerprint density at radius 1 is 1.08 bits per heavy atom. The molecule has 0 aromatic heterocycles. The van der Waals surface area contributed by atoms with Gasteiger partial charge in [-0.2, -0.15) is 0 Å². The van der Waals surface area contributed by atoms with Gasteiger partial charge in [-0.1, -0.05) is 60.2 Å². The smallest absolute Gasteiger partial charge is 0.286 e. The molecule has 2 aromatic carbocycles. The normalized spacial score (nSPS) is 11.0. The zero-order valence-electron chi connectivity index (χ0n) is 14.4. The van der Waals surface area contributed by atoms with E-state index in [0.717, 1.165) is 28.5 Å². The summed E-state index contributed by atoms with van der Waals surface area (Å²) in [6.45, 7) is 6.11. The number of benzene rings is 2. The number of aldehydes is 1. The number of carbonyl (C=O) groups excluding carboxylic acids is 2. The third-order valence-corrected chi connectivity index (χ3v) is 4.58. The first kappa shape index (κ1) is 18.7. The minimum atomic E-state index is -0.186. The summed E-state index contributed by atoms with van der Waals surface area (Å²) >= 11 is 0.922. The van der Waals surface area contributed by atoms with Gasteiger partial charge in [-0.15, -0.1) is 6.58 Å². The first-order valence-electron chi connectivity index (χ1n) is 7.91. The van der Waals surface area contributed by atoms with E-state index in [-0.39, 0.29) is 5.24 Å². The van der Waals surface area contributed by atoms with Crippen LogP contribution in [0.5, 0.6) is 0 Å². The predicted molar refractivity (Wildman–Crippen MR) is 106 cm³/mol. The second kappa shape index (κ2) is 9.04. The molecular weight excluding hydrogens is 330 g/mol. The zero-order chi connectivity index (χ0) is 18.2. The lowest BCUT2D eigenvalue weighted by Gasteiger charge is -2.13. The van der Waals surface area contributed by atoms with Gasteiger partial charge in [0.15, 0.2) is 6.29 Å². The van der Waals surface area contributed by atoms with E-state index in [9.17, 15) is 9.59 Å². The van der Waals surface area contributed by atoms with Gasteiger partial charge in [0.25, 0.3) is 5.24 Å². The van der Waals surface area contributed by atoms with Crippen LogP contribution in [0.15, 0.2) is 66.1 Å². The van der Waals surface area contributed by atoms with Gasteiger partial charge >= 0.3 is 0 Å². The second-order valence-corrected chi connectivity index (χ2v) is 6.71. The Morgan fingerprint density at radius 2 is 1.64 bits per heavy atom. The van der Waals surface area contributed by atoms with Crippen molar-refractivity contribution in [3.8, 4) is 11.1 Å². The van der Waals surface area contributed by atoms with Crippen LogP contribution in [0.2, 0.25) is 0 Å². The molecule has 0 aliphatic carbocycles. The number of carbonyl (C=O) groups is 2. The van der Waals surface area contributed by atoms with Crippen LogP contribution in [0.1, 0.15) is 11.1 Å². The first-order chi connectivity index (χ1) is 12.0. The maximum absolute atomic E-state index is 12.0. The molecule has 128 valence electrons. The molecule has 4 heteroatoms. The van der Waals surface area contributed by atoms with E-state index in [0.29, 0.717) is 17.7 Å². The fourth-order valence-corrected chi connectivity index (χ4v) is 2.89. The Labute approximate surface area is 153 Å². The molecule has 0 atom stereocenters. The van der Waals surface area contributed by atoms with Crippen molar-refractivity contribution in [1.82, 2.24) is 4.90 Å². The second-order valence-electron chi connectivity index (χ2n) is 5.69. The SMILES string of the molecule is C=CCN(C)C(=O)S/C(C=O)=C\c1ccc(-c2ccc(C)cc2)cc1. The number of hydrogen-bond acceptors (Lipinski definition) is 3. The Morgan fingerprint density at radius 3 is 2.16 bits per heavy atom. The van der Waals surface area contributed by atoms with Crippen LogP contribution in [-0.4, -0.2) is 30.0 Å². The zero-order valence-corrected chi connectivity index (χ0v) is 15.3. The third kappa shape index (κ3) is 5.47. The minimum absolute atomic E-state index is 0.186. The first-order valence-corrected chi connectivity index (χ1v) is 8.73. The molecule has 0 unspecified atom stereocenters. The Kier molecular flexibility index (Phi) is 6.78. The lowest BCUT2D eigenvalue weighted by Crippen LogP contribution is -2.22. The van der Waals surface area contributed by atoms with Crippen molar-refractivity contribution in [3.63, 3.8) is 0 Å². The lowest BCUT2D eigenvalue weighted by molar-refractivity contribution is -0.104. The standard InChI is InChI=1S/C21H21NO2S/c1-4-13-22(3)21(24)25-20(15-23)14-17-7-11-19(12-8-17)18-9-5-16(2)6-10-18/h4-12,14-15H,1,13H2,2-3H3/b20-14-. The van der Waals surface area contributed by atoms with Gasteiger partial charge in [0, 0.05) is 13.6 Å². The molecular formula is C21H21NO2S. The molecule has 0 heterocycles. The Hall–Kier alpha value is -2.59. The molecule has 1 amide bonds. The van der Waals surface area contributed by atoms with Crippen LogP contribution in [0, 0.1) is 6.92 Å². The quantitative estimate of drug-likeness (QED) is 0.409. The number of hydrogen-bond donors (Lipinski definition) is 0. The van der Waals surface area contributed by atoms with Gasteiger partial charge in [-0.3, -0.25) is 9.59 Å². The largest absolute Gasteiger partial charge is 0.333 e. The number of thioether (sulfide) groups is 1. The monoisotopic (exact) mass is 351 g/mol. The molecule has 0 bridgehead atoms. The van der Waals surface area contributed by atoms with Crippen molar-refractivity contribution in [1.29, 1.82) is 0 Å². The van der Waals surface area contributed by atoms with Crippen molar-refractivity contribution in [2.24, 2.45) is 0 Å². The third-order valence-electron chi connectivity index (χ3n) is 3.64. The van der Waals surface area contributed by atoms with Crippen LogP contribution in [0.25, 0.3) is 17.2 Å². The van der Waals surface area contributed by atoms with Crippen LogP contribution in [0.3, 0.4) is 0 Å². The van der Waals surface area contributed by atoms with Gasteiger partial charge in [-0.25, -0.2) is 0 Å². The summed E-state index contributed by atoms with van der Waals surface area (Å²) in [6, 6.07) is 16.2. The summed E-state index contributed by atoms with van der Waals surface area (Å²) in [5.41, 5.74) is 4.36. The van der Waals surface area contributed by atoms with Crippen molar-refractivity contribution < 1.29 is 9.59 Å².